The van der Waals surface area contributed by atoms with E-state index in [4.69, 9.17) is 5.26 Å². The quantitative estimate of drug-likeness (QED) is 0.838. The number of alkyl halides is 3. The third kappa shape index (κ3) is 3.83. The van der Waals surface area contributed by atoms with Crippen LogP contribution in [-0.2, 0) is 16.2 Å². The van der Waals surface area contributed by atoms with Crippen molar-refractivity contribution in [3.63, 3.8) is 0 Å². The lowest BCUT2D eigenvalue weighted by atomic mass is 10.2. The summed E-state index contributed by atoms with van der Waals surface area (Å²) in [6.07, 6.45) is -4.59. The van der Waals surface area contributed by atoms with Crippen molar-refractivity contribution in [2.45, 2.75) is 24.0 Å². The number of benzene rings is 1. The maximum atomic E-state index is 12.7. The van der Waals surface area contributed by atoms with Crippen molar-refractivity contribution in [1.29, 1.82) is 5.26 Å². The molecule has 1 aliphatic rings. The number of hydrogen-bond acceptors (Lipinski definition) is 4. The molecule has 0 N–H and O–H groups in total. The van der Waals surface area contributed by atoms with Crippen molar-refractivity contribution in [2.24, 2.45) is 0 Å². The Morgan fingerprint density at radius 2 is 1.83 bits per heavy atom. The topological polar surface area (TPSA) is 64.4 Å². The smallest absolute Gasteiger partial charge is 0.286 e. The van der Waals surface area contributed by atoms with E-state index in [1.165, 1.54) is 0 Å². The summed E-state index contributed by atoms with van der Waals surface area (Å²) in [5, 5.41) is 8.87. The van der Waals surface area contributed by atoms with Crippen LogP contribution in [0, 0.1) is 11.3 Å². The van der Waals surface area contributed by atoms with E-state index in [0.29, 0.717) is 19.2 Å². The Hall–Kier alpha value is -1.63. The Balaban J connectivity index is 2.19. The van der Waals surface area contributed by atoms with Crippen molar-refractivity contribution in [1.82, 2.24) is 9.21 Å². The van der Waals surface area contributed by atoms with Crippen LogP contribution in [0.15, 0.2) is 29.2 Å². The number of nitriles is 1. The van der Waals surface area contributed by atoms with E-state index >= 15 is 0 Å². The molecule has 1 fully saturated rings. The van der Waals surface area contributed by atoms with E-state index in [2.05, 4.69) is 6.07 Å². The van der Waals surface area contributed by atoms with E-state index in [9.17, 15) is 21.6 Å². The number of nitrogens with zero attached hydrogens (tertiary/aromatic N) is 3. The van der Waals surface area contributed by atoms with E-state index in [1.807, 2.05) is 4.90 Å². The third-order valence-corrected chi connectivity index (χ3v) is 5.70. The van der Waals surface area contributed by atoms with Crippen molar-refractivity contribution in [3.8, 4) is 6.07 Å². The van der Waals surface area contributed by atoms with Crippen LogP contribution >= 0.6 is 0 Å². The minimum absolute atomic E-state index is 0.143. The van der Waals surface area contributed by atoms with Gasteiger partial charge in [0.1, 0.15) is 0 Å². The number of hydrogen-bond donors (Lipinski definition) is 0. The second kappa shape index (κ2) is 6.47. The van der Waals surface area contributed by atoms with Gasteiger partial charge in [0.05, 0.1) is 22.6 Å². The zero-order valence-electron chi connectivity index (χ0n) is 12.4. The second-order valence-corrected chi connectivity index (χ2v) is 7.21. The van der Waals surface area contributed by atoms with Crippen LogP contribution < -0.4 is 0 Å². The molecule has 1 aliphatic heterocycles. The van der Waals surface area contributed by atoms with Gasteiger partial charge in [-0.25, -0.2) is 8.42 Å². The Morgan fingerprint density at radius 3 is 2.35 bits per heavy atom. The van der Waals surface area contributed by atoms with Gasteiger partial charge in [0, 0.05) is 26.2 Å². The van der Waals surface area contributed by atoms with Gasteiger partial charge in [-0.2, -0.15) is 22.7 Å². The van der Waals surface area contributed by atoms with Crippen LogP contribution in [0.1, 0.15) is 12.5 Å². The summed E-state index contributed by atoms with van der Waals surface area (Å²) in [5.74, 6) is 0. The minimum Gasteiger partial charge on any atom is -0.286 e. The van der Waals surface area contributed by atoms with Crippen molar-refractivity contribution in [3.05, 3.63) is 29.8 Å². The number of halogens is 3. The summed E-state index contributed by atoms with van der Waals surface area (Å²) in [7, 11) is -3.98. The summed E-state index contributed by atoms with van der Waals surface area (Å²) in [4.78, 5) is 1.46. The van der Waals surface area contributed by atoms with E-state index in [0.717, 1.165) is 22.5 Å². The van der Waals surface area contributed by atoms with Crippen LogP contribution in [0.25, 0.3) is 0 Å². The van der Waals surface area contributed by atoms with Gasteiger partial charge in [-0.05, 0) is 25.1 Å². The Kier molecular flexibility index (Phi) is 4.98. The average molecular weight is 347 g/mol. The molecular formula is C14H16F3N3O2S. The average Bonchev–Trinajstić information content (AvgIpc) is 2.53. The van der Waals surface area contributed by atoms with E-state index in [-0.39, 0.29) is 24.0 Å². The van der Waals surface area contributed by atoms with Gasteiger partial charge in [-0.3, -0.25) is 4.90 Å². The van der Waals surface area contributed by atoms with Gasteiger partial charge in [-0.1, -0.05) is 6.07 Å². The molecule has 2 rings (SSSR count). The van der Waals surface area contributed by atoms with Crippen LogP contribution in [0.2, 0.25) is 0 Å². The molecule has 9 heteroatoms. The molecule has 0 amide bonds. The van der Waals surface area contributed by atoms with Gasteiger partial charge in [0.15, 0.2) is 0 Å². The maximum absolute atomic E-state index is 12.7. The summed E-state index contributed by atoms with van der Waals surface area (Å²) in [6, 6.07) is 5.49. The first-order valence-corrected chi connectivity index (χ1v) is 8.41. The first-order chi connectivity index (χ1) is 10.7. The number of piperazine rings is 1. The highest BCUT2D eigenvalue weighted by Crippen LogP contribution is 2.31. The second-order valence-electron chi connectivity index (χ2n) is 5.27. The largest absolute Gasteiger partial charge is 0.416 e. The van der Waals surface area contributed by atoms with Crippen molar-refractivity contribution < 1.29 is 21.6 Å². The maximum Gasteiger partial charge on any atom is 0.416 e. The molecule has 1 aromatic carbocycles. The molecule has 0 radical (unpaired) electrons. The normalized spacial score (nSPS) is 19.3. The molecule has 0 saturated carbocycles. The van der Waals surface area contributed by atoms with E-state index < -0.39 is 21.8 Å². The monoisotopic (exact) mass is 347 g/mol. The molecule has 0 unspecified atom stereocenters. The van der Waals surface area contributed by atoms with Gasteiger partial charge in [-0.15, -0.1) is 0 Å². The van der Waals surface area contributed by atoms with Crippen LogP contribution in [0.5, 0.6) is 0 Å². The lowest BCUT2D eigenvalue weighted by molar-refractivity contribution is -0.137. The third-order valence-electron chi connectivity index (χ3n) is 3.81. The lowest BCUT2D eigenvalue weighted by Gasteiger charge is -2.35. The Bertz CT molecular complexity index is 705. The molecule has 1 heterocycles. The zero-order valence-corrected chi connectivity index (χ0v) is 13.2. The molecule has 1 atom stereocenters. The van der Waals surface area contributed by atoms with Gasteiger partial charge in [0.25, 0.3) is 0 Å². The Labute approximate surface area is 133 Å². The molecule has 0 aromatic heterocycles. The van der Waals surface area contributed by atoms with Crippen molar-refractivity contribution in [2.75, 3.05) is 26.2 Å². The fourth-order valence-corrected chi connectivity index (χ4v) is 3.86. The summed E-state index contributed by atoms with van der Waals surface area (Å²) in [5.41, 5.74) is -0.990. The number of sulfonamides is 1. The highest BCUT2D eigenvalue weighted by molar-refractivity contribution is 7.89. The predicted molar refractivity (Wildman–Crippen MR) is 76.9 cm³/mol. The molecule has 0 bridgehead atoms. The SMILES string of the molecule is C[C@H](C#N)N1CCN(S(=O)(=O)c2cccc(C(F)(F)F)c2)CC1. The molecule has 5 nitrogen and oxygen atoms in total. The molecule has 0 spiro atoms. The minimum atomic E-state index is -4.59. The van der Waals surface area contributed by atoms with E-state index in [1.54, 1.807) is 6.92 Å². The van der Waals surface area contributed by atoms with Gasteiger partial charge < -0.3 is 0 Å². The summed E-state index contributed by atoms with van der Waals surface area (Å²) in [6.45, 7) is 2.74. The highest BCUT2D eigenvalue weighted by atomic mass is 32.2. The fourth-order valence-electron chi connectivity index (χ4n) is 2.39. The molecular weight excluding hydrogens is 331 g/mol. The first-order valence-electron chi connectivity index (χ1n) is 6.97. The molecule has 23 heavy (non-hydrogen) atoms. The molecule has 0 aliphatic carbocycles. The molecule has 126 valence electrons. The lowest BCUT2D eigenvalue weighted by Crippen LogP contribution is -2.50. The standard InChI is InChI=1S/C14H16F3N3O2S/c1-11(10-18)19-5-7-20(8-6-19)23(21,22)13-4-2-3-12(9-13)14(15,16)17/h2-4,9,11H,5-8H2,1H3/t11-/m1/s1. The Morgan fingerprint density at radius 1 is 1.22 bits per heavy atom. The summed E-state index contributed by atoms with van der Waals surface area (Å²) >= 11 is 0. The summed E-state index contributed by atoms with van der Waals surface area (Å²) < 4.78 is 64.3. The molecule has 1 aromatic rings. The van der Waals surface area contributed by atoms with Crippen LogP contribution in [0.4, 0.5) is 13.2 Å². The van der Waals surface area contributed by atoms with Crippen LogP contribution in [0.3, 0.4) is 0 Å². The highest BCUT2D eigenvalue weighted by Gasteiger charge is 2.34. The van der Waals surface area contributed by atoms with Gasteiger partial charge in [0.2, 0.25) is 10.0 Å². The van der Waals surface area contributed by atoms with Gasteiger partial charge >= 0.3 is 6.18 Å². The number of rotatable bonds is 3. The fraction of sp³-hybridized carbons (Fsp3) is 0.500. The molecule has 1 saturated heterocycles. The zero-order chi connectivity index (χ0) is 17.3. The predicted octanol–water partition coefficient (Wildman–Crippen LogP) is 1.92. The first kappa shape index (κ1) is 17.7. The van der Waals surface area contributed by atoms with Crippen molar-refractivity contribution >= 4 is 10.0 Å². The van der Waals surface area contributed by atoms with Crippen LogP contribution in [-0.4, -0.2) is 49.8 Å².